The van der Waals surface area contributed by atoms with Crippen LogP contribution >= 0.6 is 0 Å². The molecule has 0 saturated heterocycles. The number of anilines is 1. The predicted molar refractivity (Wildman–Crippen MR) is 83.4 cm³/mol. The molecule has 3 nitrogen and oxygen atoms in total. The molecule has 2 N–H and O–H groups in total. The van der Waals surface area contributed by atoms with Gasteiger partial charge in [-0.1, -0.05) is 12.1 Å². The van der Waals surface area contributed by atoms with Crippen molar-refractivity contribution in [2.75, 3.05) is 12.8 Å². The molecule has 0 aliphatic rings. The Hall–Kier alpha value is -1.81. The molecule has 0 fully saturated rings. The van der Waals surface area contributed by atoms with Crippen molar-refractivity contribution in [3.05, 3.63) is 53.1 Å². The summed E-state index contributed by atoms with van der Waals surface area (Å²) in [5, 5.41) is 0. The van der Waals surface area contributed by atoms with Crippen LogP contribution in [-0.2, 0) is 16.6 Å². The first kappa shape index (κ1) is 14.6. The van der Waals surface area contributed by atoms with Gasteiger partial charge in [0.05, 0.1) is 23.7 Å². The summed E-state index contributed by atoms with van der Waals surface area (Å²) in [7, 11) is 0.502. The molecule has 0 saturated carbocycles. The average molecular weight is 289 g/mol. The molecule has 2 rings (SSSR count). The van der Waals surface area contributed by atoms with Crippen LogP contribution in [-0.4, -0.2) is 11.3 Å². The van der Waals surface area contributed by atoms with Crippen molar-refractivity contribution in [2.45, 2.75) is 24.5 Å². The van der Waals surface area contributed by atoms with E-state index in [4.69, 9.17) is 10.5 Å². The van der Waals surface area contributed by atoms with E-state index >= 15 is 0 Å². The van der Waals surface area contributed by atoms with E-state index in [0.29, 0.717) is 17.2 Å². The van der Waals surface area contributed by atoms with Gasteiger partial charge in [-0.3, -0.25) is 4.21 Å². The van der Waals surface area contributed by atoms with Crippen LogP contribution < -0.4 is 10.5 Å². The molecule has 0 amide bonds. The number of benzene rings is 2. The van der Waals surface area contributed by atoms with Gasteiger partial charge in [0.1, 0.15) is 5.75 Å². The second-order valence-corrected chi connectivity index (χ2v) is 6.26. The Morgan fingerprint density at radius 2 is 1.85 bits per heavy atom. The molecule has 0 radical (unpaired) electrons. The molecule has 4 heteroatoms. The molecule has 1 atom stereocenters. The van der Waals surface area contributed by atoms with Gasteiger partial charge in [0.25, 0.3) is 0 Å². The van der Waals surface area contributed by atoms with Crippen LogP contribution in [0.4, 0.5) is 5.69 Å². The number of hydrogen-bond donors (Lipinski definition) is 1. The number of hydrogen-bond acceptors (Lipinski definition) is 3. The molecule has 0 spiro atoms. The third-order valence-corrected chi connectivity index (χ3v) is 4.69. The Bertz CT molecular complexity index is 653. The quantitative estimate of drug-likeness (QED) is 0.879. The van der Waals surface area contributed by atoms with Gasteiger partial charge in [-0.15, -0.1) is 0 Å². The predicted octanol–water partition coefficient (Wildman–Crippen LogP) is 3.20. The van der Waals surface area contributed by atoms with Crippen LogP contribution in [0.15, 0.2) is 41.3 Å². The van der Waals surface area contributed by atoms with Gasteiger partial charge in [0.15, 0.2) is 0 Å². The highest BCUT2D eigenvalue weighted by Gasteiger charge is 2.10. The van der Waals surface area contributed by atoms with E-state index in [2.05, 4.69) is 0 Å². The molecule has 1 unspecified atom stereocenters. The minimum atomic E-state index is -1.09. The van der Waals surface area contributed by atoms with E-state index in [-0.39, 0.29) is 0 Å². The number of methoxy groups -OCH3 is 1. The molecule has 0 aromatic heterocycles. The summed E-state index contributed by atoms with van der Waals surface area (Å²) in [6.07, 6.45) is 0. The van der Waals surface area contributed by atoms with Gasteiger partial charge in [0, 0.05) is 22.2 Å². The van der Waals surface area contributed by atoms with Crippen LogP contribution in [0, 0.1) is 13.8 Å². The maximum absolute atomic E-state index is 12.5. The van der Waals surface area contributed by atoms with E-state index in [1.807, 2.05) is 38.1 Å². The van der Waals surface area contributed by atoms with Crippen LogP contribution in [0.1, 0.15) is 16.7 Å². The van der Waals surface area contributed by atoms with Crippen molar-refractivity contribution in [2.24, 2.45) is 0 Å². The maximum atomic E-state index is 12.5. The van der Waals surface area contributed by atoms with Gasteiger partial charge in [-0.25, -0.2) is 0 Å². The highest BCUT2D eigenvalue weighted by Crippen LogP contribution is 2.25. The fraction of sp³-hybridized carbons (Fsp3) is 0.250. The number of nitrogen functional groups attached to an aromatic ring is 1. The largest absolute Gasteiger partial charge is 0.496 e. The van der Waals surface area contributed by atoms with Crippen LogP contribution in [0.2, 0.25) is 0 Å². The third kappa shape index (κ3) is 3.20. The second-order valence-electron chi connectivity index (χ2n) is 4.81. The fourth-order valence-corrected chi connectivity index (χ4v) is 3.18. The van der Waals surface area contributed by atoms with Crippen molar-refractivity contribution in [1.29, 1.82) is 0 Å². The molecular weight excluding hydrogens is 270 g/mol. The fourth-order valence-electron chi connectivity index (χ4n) is 1.96. The monoisotopic (exact) mass is 289 g/mol. The van der Waals surface area contributed by atoms with Crippen LogP contribution in [0.5, 0.6) is 5.75 Å². The number of aryl methyl sites for hydroxylation is 2. The van der Waals surface area contributed by atoms with E-state index < -0.39 is 10.8 Å². The smallest absolute Gasteiger partial charge is 0.125 e. The van der Waals surface area contributed by atoms with Crippen molar-refractivity contribution < 1.29 is 8.95 Å². The van der Waals surface area contributed by atoms with Crippen molar-refractivity contribution in [3.63, 3.8) is 0 Å². The summed E-state index contributed by atoms with van der Waals surface area (Å²) in [6.45, 7) is 4.07. The summed E-state index contributed by atoms with van der Waals surface area (Å²) in [4.78, 5) is 0.840. The van der Waals surface area contributed by atoms with Gasteiger partial charge in [0.2, 0.25) is 0 Å². The summed E-state index contributed by atoms with van der Waals surface area (Å²) in [5.41, 5.74) is 9.63. The van der Waals surface area contributed by atoms with E-state index in [1.54, 1.807) is 19.2 Å². The van der Waals surface area contributed by atoms with Gasteiger partial charge in [-0.2, -0.15) is 0 Å². The van der Waals surface area contributed by atoms with Gasteiger partial charge in [-0.05, 0) is 43.2 Å². The van der Waals surface area contributed by atoms with Crippen molar-refractivity contribution in [3.8, 4) is 5.75 Å². The summed E-state index contributed by atoms with van der Waals surface area (Å²) < 4.78 is 17.7. The van der Waals surface area contributed by atoms with E-state index in [1.165, 1.54) is 5.56 Å². The number of nitrogens with two attached hydrogens (primary N) is 1. The molecular formula is C16H19NO2S. The first-order chi connectivity index (χ1) is 9.51. The SMILES string of the molecule is COc1cc(N)ccc1CS(=O)c1ccc(C)c(C)c1. The van der Waals surface area contributed by atoms with Gasteiger partial charge < -0.3 is 10.5 Å². The molecule has 2 aromatic rings. The Labute approximate surface area is 122 Å². The standard InChI is InChI=1S/C16H19NO2S/c1-11-4-7-15(8-12(11)2)20(18)10-13-5-6-14(17)9-16(13)19-3/h4-9H,10,17H2,1-3H3. The average Bonchev–Trinajstić information content (AvgIpc) is 2.43. The minimum absolute atomic E-state index is 0.423. The Morgan fingerprint density at radius 1 is 1.10 bits per heavy atom. The maximum Gasteiger partial charge on any atom is 0.125 e. The highest BCUT2D eigenvalue weighted by molar-refractivity contribution is 7.84. The van der Waals surface area contributed by atoms with Crippen LogP contribution in [0.25, 0.3) is 0 Å². The third-order valence-electron chi connectivity index (χ3n) is 3.34. The summed E-state index contributed by atoms with van der Waals surface area (Å²) in [6, 6.07) is 11.3. The zero-order valence-electron chi connectivity index (χ0n) is 12.0. The molecule has 0 aliphatic carbocycles. The van der Waals surface area contributed by atoms with Crippen molar-refractivity contribution >= 4 is 16.5 Å². The first-order valence-electron chi connectivity index (χ1n) is 6.39. The molecule has 0 heterocycles. The molecule has 0 bridgehead atoms. The topological polar surface area (TPSA) is 52.3 Å². The minimum Gasteiger partial charge on any atom is -0.496 e. The van der Waals surface area contributed by atoms with Gasteiger partial charge >= 0.3 is 0 Å². The zero-order chi connectivity index (χ0) is 14.7. The molecule has 0 aliphatic heterocycles. The lowest BCUT2D eigenvalue weighted by molar-refractivity contribution is 0.411. The lowest BCUT2D eigenvalue weighted by Crippen LogP contribution is -2.01. The Morgan fingerprint density at radius 3 is 2.50 bits per heavy atom. The lowest BCUT2D eigenvalue weighted by atomic mass is 10.1. The summed E-state index contributed by atoms with van der Waals surface area (Å²) >= 11 is 0. The molecule has 20 heavy (non-hydrogen) atoms. The van der Waals surface area contributed by atoms with E-state index in [0.717, 1.165) is 16.0 Å². The molecule has 2 aromatic carbocycles. The second kappa shape index (κ2) is 6.09. The summed E-state index contributed by atoms with van der Waals surface area (Å²) in [5.74, 6) is 1.11. The number of rotatable bonds is 4. The Kier molecular flexibility index (Phi) is 4.45. The Balaban J connectivity index is 2.25. The first-order valence-corrected chi connectivity index (χ1v) is 7.71. The highest BCUT2D eigenvalue weighted by atomic mass is 32.2. The van der Waals surface area contributed by atoms with E-state index in [9.17, 15) is 4.21 Å². The van der Waals surface area contributed by atoms with Crippen molar-refractivity contribution in [1.82, 2.24) is 0 Å². The molecule has 106 valence electrons. The lowest BCUT2D eigenvalue weighted by Gasteiger charge is -2.10. The normalized spacial score (nSPS) is 12.2. The van der Waals surface area contributed by atoms with Crippen LogP contribution in [0.3, 0.4) is 0 Å². The zero-order valence-corrected chi connectivity index (χ0v) is 12.8. The number of ether oxygens (including phenoxy) is 1.